The van der Waals surface area contributed by atoms with Crippen LogP contribution in [-0.2, 0) is 9.53 Å². The van der Waals surface area contributed by atoms with E-state index in [0.29, 0.717) is 18.8 Å². The molecule has 0 aliphatic carbocycles. The van der Waals surface area contributed by atoms with Gasteiger partial charge in [0.1, 0.15) is 6.61 Å². The zero-order valence-electron chi connectivity index (χ0n) is 16.6. The van der Waals surface area contributed by atoms with Crippen LogP contribution in [0.15, 0.2) is 12.2 Å². The van der Waals surface area contributed by atoms with Gasteiger partial charge in [-0.05, 0) is 32.1 Å². The van der Waals surface area contributed by atoms with E-state index in [1.807, 2.05) is 0 Å². The second-order valence-electron chi connectivity index (χ2n) is 6.99. The molecule has 0 atom stereocenters. The van der Waals surface area contributed by atoms with Crippen LogP contribution in [0, 0.1) is 0 Å². The first-order chi connectivity index (χ1) is 12.3. The third-order valence-corrected chi connectivity index (χ3v) is 4.68. The van der Waals surface area contributed by atoms with Crippen LogP contribution in [0.4, 0.5) is 0 Å². The molecule has 3 heteroatoms. The van der Waals surface area contributed by atoms with Crippen molar-refractivity contribution in [1.29, 1.82) is 0 Å². The fraction of sp³-hybridized carbons (Fsp3) is 0.864. The van der Waals surface area contributed by atoms with Gasteiger partial charge < -0.3 is 4.74 Å². The van der Waals surface area contributed by atoms with Gasteiger partial charge in [-0.15, -0.1) is 0 Å². The smallest absolute Gasteiger partial charge is 0.305 e. The minimum Gasteiger partial charge on any atom is -0.465 e. The molecule has 0 N–H and O–H groups in total. The summed E-state index contributed by atoms with van der Waals surface area (Å²) < 4.78 is 4.99. The molecule has 0 bridgehead atoms. The molecule has 0 fully saturated rings. The predicted octanol–water partition coefficient (Wildman–Crippen LogP) is 7.28. The van der Waals surface area contributed by atoms with Gasteiger partial charge in [0.05, 0.1) is 0 Å². The minimum absolute atomic E-state index is 0.0742. The molecule has 0 amide bonds. The van der Waals surface area contributed by atoms with Crippen molar-refractivity contribution < 1.29 is 9.53 Å². The van der Waals surface area contributed by atoms with Crippen LogP contribution in [0.3, 0.4) is 0 Å². The standard InChI is InChI=1S/C22H42O2S/c1-2-3-4-5-6-7-8-9-10-11-12-13-14-15-16-17-18-19-22(23)24-20-21-25/h12-13,25H,2-11,14-21H2,1H3/b13-12+. The highest BCUT2D eigenvalue weighted by Crippen LogP contribution is 2.11. The van der Waals surface area contributed by atoms with E-state index >= 15 is 0 Å². The highest BCUT2D eigenvalue weighted by molar-refractivity contribution is 7.80. The van der Waals surface area contributed by atoms with Crippen molar-refractivity contribution in [2.75, 3.05) is 12.4 Å². The van der Waals surface area contributed by atoms with E-state index in [9.17, 15) is 4.79 Å². The maximum absolute atomic E-state index is 11.3. The summed E-state index contributed by atoms with van der Waals surface area (Å²) in [6, 6.07) is 0. The molecule has 0 heterocycles. The summed E-state index contributed by atoms with van der Waals surface area (Å²) in [6.07, 6.45) is 24.8. The van der Waals surface area contributed by atoms with Gasteiger partial charge >= 0.3 is 5.97 Å². The SMILES string of the molecule is CCCCCCCCCCC/C=C/CCCCCCC(=O)OCCS. The molecular weight excluding hydrogens is 328 g/mol. The van der Waals surface area contributed by atoms with E-state index in [1.165, 1.54) is 83.5 Å². The summed E-state index contributed by atoms with van der Waals surface area (Å²) in [5, 5.41) is 0. The van der Waals surface area contributed by atoms with E-state index in [1.54, 1.807) is 0 Å². The van der Waals surface area contributed by atoms with Crippen LogP contribution in [0.1, 0.15) is 110 Å². The van der Waals surface area contributed by atoms with Crippen LogP contribution in [0.2, 0.25) is 0 Å². The van der Waals surface area contributed by atoms with Crippen molar-refractivity contribution in [3.63, 3.8) is 0 Å². The molecule has 2 nitrogen and oxygen atoms in total. The van der Waals surface area contributed by atoms with Gasteiger partial charge in [0.15, 0.2) is 0 Å². The van der Waals surface area contributed by atoms with E-state index in [0.717, 1.165) is 12.8 Å². The van der Waals surface area contributed by atoms with Gasteiger partial charge in [0, 0.05) is 12.2 Å². The molecular formula is C22H42O2S. The second-order valence-corrected chi connectivity index (χ2v) is 7.43. The Balaban J connectivity index is 3.14. The Bertz CT molecular complexity index is 302. The van der Waals surface area contributed by atoms with Gasteiger partial charge in [-0.25, -0.2) is 0 Å². The molecule has 0 aliphatic heterocycles. The maximum Gasteiger partial charge on any atom is 0.305 e. The third kappa shape index (κ3) is 21.5. The van der Waals surface area contributed by atoms with Gasteiger partial charge in [-0.1, -0.05) is 83.3 Å². The van der Waals surface area contributed by atoms with E-state index < -0.39 is 0 Å². The van der Waals surface area contributed by atoms with Crippen LogP contribution in [0.5, 0.6) is 0 Å². The second kappa shape index (κ2) is 21.6. The number of ether oxygens (including phenoxy) is 1. The number of hydrogen-bond donors (Lipinski definition) is 1. The molecule has 0 saturated carbocycles. The zero-order valence-corrected chi connectivity index (χ0v) is 17.5. The van der Waals surface area contributed by atoms with E-state index in [-0.39, 0.29) is 5.97 Å². The largest absolute Gasteiger partial charge is 0.465 e. The number of unbranched alkanes of at least 4 members (excludes halogenated alkanes) is 13. The van der Waals surface area contributed by atoms with E-state index in [2.05, 4.69) is 31.7 Å². The monoisotopic (exact) mass is 370 g/mol. The maximum atomic E-state index is 11.3. The Morgan fingerprint density at radius 3 is 1.76 bits per heavy atom. The number of allylic oxidation sites excluding steroid dienone is 2. The van der Waals surface area contributed by atoms with Gasteiger partial charge in [-0.2, -0.15) is 12.6 Å². The van der Waals surface area contributed by atoms with Gasteiger partial charge in [0.25, 0.3) is 0 Å². The molecule has 0 rings (SSSR count). The minimum atomic E-state index is -0.0742. The summed E-state index contributed by atoms with van der Waals surface area (Å²) in [5.74, 6) is 0.534. The first kappa shape index (κ1) is 24.6. The summed E-state index contributed by atoms with van der Waals surface area (Å²) >= 11 is 4.02. The Labute approximate surface area is 162 Å². The number of thiol groups is 1. The summed E-state index contributed by atoms with van der Waals surface area (Å²) in [6.45, 7) is 2.71. The average Bonchev–Trinajstić information content (AvgIpc) is 2.62. The van der Waals surface area contributed by atoms with Crippen molar-refractivity contribution in [2.45, 2.75) is 110 Å². The summed E-state index contributed by atoms with van der Waals surface area (Å²) in [4.78, 5) is 11.3. The highest BCUT2D eigenvalue weighted by atomic mass is 32.1. The fourth-order valence-corrected chi connectivity index (χ4v) is 3.02. The average molecular weight is 371 g/mol. The number of carbonyl (C=O) groups excluding carboxylic acids is 1. The first-order valence-corrected chi connectivity index (χ1v) is 11.4. The molecule has 0 spiro atoms. The molecule has 25 heavy (non-hydrogen) atoms. The Morgan fingerprint density at radius 2 is 1.24 bits per heavy atom. The lowest BCUT2D eigenvalue weighted by Crippen LogP contribution is -2.06. The third-order valence-electron chi connectivity index (χ3n) is 4.50. The predicted molar refractivity (Wildman–Crippen MR) is 113 cm³/mol. The topological polar surface area (TPSA) is 26.3 Å². The molecule has 148 valence electrons. The van der Waals surface area contributed by atoms with Gasteiger partial charge in [-0.3, -0.25) is 4.79 Å². The molecule has 0 aliphatic rings. The van der Waals surface area contributed by atoms with Crippen molar-refractivity contribution in [3.05, 3.63) is 12.2 Å². The lowest BCUT2D eigenvalue weighted by atomic mass is 10.1. The molecule has 0 aromatic carbocycles. The normalized spacial score (nSPS) is 11.3. The zero-order chi connectivity index (χ0) is 18.4. The Hall–Kier alpha value is -0.440. The molecule has 0 aromatic heterocycles. The Kier molecular flexibility index (Phi) is 21.2. The number of esters is 1. The molecule has 0 saturated heterocycles. The molecule has 0 aromatic rings. The first-order valence-electron chi connectivity index (χ1n) is 10.7. The number of rotatable bonds is 19. The summed E-state index contributed by atoms with van der Waals surface area (Å²) in [7, 11) is 0. The summed E-state index contributed by atoms with van der Waals surface area (Å²) in [5.41, 5.74) is 0. The van der Waals surface area contributed by atoms with Gasteiger partial charge in [0.2, 0.25) is 0 Å². The molecule has 0 unspecified atom stereocenters. The highest BCUT2D eigenvalue weighted by Gasteiger charge is 2.01. The van der Waals surface area contributed by atoms with Crippen LogP contribution in [0.25, 0.3) is 0 Å². The van der Waals surface area contributed by atoms with Crippen molar-refractivity contribution in [3.8, 4) is 0 Å². The Morgan fingerprint density at radius 1 is 0.760 bits per heavy atom. The lowest BCUT2D eigenvalue weighted by Gasteiger charge is -2.02. The lowest BCUT2D eigenvalue weighted by molar-refractivity contribution is -0.143. The van der Waals surface area contributed by atoms with Crippen LogP contribution >= 0.6 is 12.6 Å². The fourth-order valence-electron chi connectivity index (χ4n) is 2.93. The van der Waals surface area contributed by atoms with Crippen LogP contribution < -0.4 is 0 Å². The van der Waals surface area contributed by atoms with Crippen molar-refractivity contribution >= 4 is 18.6 Å². The van der Waals surface area contributed by atoms with E-state index in [4.69, 9.17) is 4.74 Å². The molecule has 0 radical (unpaired) electrons. The van der Waals surface area contributed by atoms with Crippen molar-refractivity contribution in [2.24, 2.45) is 0 Å². The number of carbonyl (C=O) groups is 1. The van der Waals surface area contributed by atoms with Crippen molar-refractivity contribution in [1.82, 2.24) is 0 Å². The van der Waals surface area contributed by atoms with Crippen LogP contribution in [-0.4, -0.2) is 18.3 Å². The number of hydrogen-bond acceptors (Lipinski definition) is 3. The quantitative estimate of drug-likeness (QED) is 0.112.